The molecule has 1 saturated heterocycles. The minimum Gasteiger partial charge on any atom is -0.400 e. The van der Waals surface area contributed by atoms with E-state index in [9.17, 15) is 0 Å². The van der Waals surface area contributed by atoms with Crippen molar-refractivity contribution in [2.75, 3.05) is 26.7 Å². The van der Waals surface area contributed by atoms with Gasteiger partial charge in [-0.1, -0.05) is 27.2 Å². The fraction of sp³-hybridized carbons (Fsp3) is 1.00. The van der Waals surface area contributed by atoms with Gasteiger partial charge in [-0.2, -0.15) is 0 Å². The lowest BCUT2D eigenvalue weighted by Gasteiger charge is -2.12. The van der Waals surface area contributed by atoms with Gasteiger partial charge in [0.15, 0.2) is 0 Å². The maximum absolute atomic E-state index is 7.00. The molecule has 0 aromatic rings. The highest BCUT2D eigenvalue weighted by atomic mass is 16.2. The average Bonchev–Trinajstić information content (AvgIpc) is 2.73. The summed E-state index contributed by atoms with van der Waals surface area (Å²) in [5, 5.41) is 7.00. The summed E-state index contributed by atoms with van der Waals surface area (Å²) in [5.74, 6) is 0. The normalized spacial score (nSPS) is 15.5. The van der Waals surface area contributed by atoms with Crippen LogP contribution in [0.4, 0.5) is 0 Å². The zero-order chi connectivity index (χ0) is 10.5. The third-order valence-corrected chi connectivity index (χ3v) is 2.03. The second-order valence-corrected chi connectivity index (χ2v) is 2.90. The molecule has 0 bridgehead atoms. The Hall–Kier alpha value is -0.0800. The molecular weight excluding hydrogens is 162 g/mol. The number of aliphatic hydroxyl groups excluding tert-OH is 1. The molecule has 1 fully saturated rings. The molecule has 0 aromatic heterocycles. The molecular formula is C11H27NO. The highest BCUT2D eigenvalue weighted by Crippen LogP contribution is 2.07. The molecule has 0 aromatic carbocycles. The molecule has 0 radical (unpaired) electrons. The molecule has 1 aliphatic heterocycles. The smallest absolute Gasteiger partial charge is 0.0319 e. The zero-order valence-electron chi connectivity index (χ0n) is 9.84. The number of rotatable bonds is 3. The van der Waals surface area contributed by atoms with Crippen molar-refractivity contribution in [1.29, 1.82) is 0 Å². The number of likely N-dealkylation sites (tertiary alicyclic amines) is 1. The van der Waals surface area contributed by atoms with Crippen LogP contribution < -0.4 is 0 Å². The van der Waals surface area contributed by atoms with Gasteiger partial charge >= 0.3 is 0 Å². The van der Waals surface area contributed by atoms with Crippen LogP contribution in [0, 0.1) is 0 Å². The van der Waals surface area contributed by atoms with Crippen LogP contribution >= 0.6 is 0 Å². The van der Waals surface area contributed by atoms with Crippen molar-refractivity contribution in [3.63, 3.8) is 0 Å². The highest BCUT2D eigenvalue weighted by molar-refractivity contribution is 4.64. The molecule has 13 heavy (non-hydrogen) atoms. The van der Waals surface area contributed by atoms with Crippen LogP contribution in [0.1, 0.15) is 46.5 Å². The zero-order valence-corrected chi connectivity index (χ0v) is 9.84. The lowest BCUT2D eigenvalue weighted by atomic mass is 10.3. The van der Waals surface area contributed by atoms with Gasteiger partial charge in [0.05, 0.1) is 0 Å². The van der Waals surface area contributed by atoms with Crippen LogP contribution in [0.2, 0.25) is 0 Å². The molecule has 0 atom stereocenters. The molecule has 0 unspecified atom stereocenters. The Morgan fingerprint density at radius 2 is 1.54 bits per heavy atom. The molecule has 2 nitrogen and oxygen atoms in total. The lowest BCUT2D eigenvalue weighted by Crippen LogP contribution is -2.19. The molecule has 0 spiro atoms. The topological polar surface area (TPSA) is 23.5 Å². The van der Waals surface area contributed by atoms with Crippen LogP contribution in [0.15, 0.2) is 0 Å². The molecule has 0 amide bonds. The second kappa shape index (κ2) is 14.4. The fourth-order valence-corrected chi connectivity index (χ4v) is 1.39. The summed E-state index contributed by atoms with van der Waals surface area (Å²) in [6, 6.07) is 0. The third kappa shape index (κ3) is 9.84. The third-order valence-electron chi connectivity index (χ3n) is 2.03. The van der Waals surface area contributed by atoms with Crippen LogP contribution in [0.25, 0.3) is 0 Å². The quantitative estimate of drug-likeness (QED) is 0.737. The predicted molar refractivity (Wildman–Crippen MR) is 60.1 cm³/mol. The van der Waals surface area contributed by atoms with Gasteiger partial charge in [-0.25, -0.2) is 0 Å². The molecule has 0 saturated carbocycles. The van der Waals surface area contributed by atoms with Gasteiger partial charge in [0.1, 0.15) is 0 Å². The predicted octanol–water partition coefficient (Wildman–Crippen LogP) is 2.52. The summed E-state index contributed by atoms with van der Waals surface area (Å²) >= 11 is 0. The first-order valence-corrected chi connectivity index (χ1v) is 5.60. The lowest BCUT2D eigenvalue weighted by molar-refractivity contribution is 0.332. The van der Waals surface area contributed by atoms with E-state index in [1.54, 1.807) is 0 Å². The van der Waals surface area contributed by atoms with E-state index < -0.39 is 0 Å². The summed E-state index contributed by atoms with van der Waals surface area (Å²) in [6.45, 7) is 10.3. The van der Waals surface area contributed by atoms with Gasteiger partial charge in [0, 0.05) is 7.11 Å². The van der Waals surface area contributed by atoms with E-state index >= 15 is 0 Å². The van der Waals surface area contributed by atoms with Crippen molar-refractivity contribution in [1.82, 2.24) is 4.90 Å². The van der Waals surface area contributed by atoms with Crippen LogP contribution in [0.3, 0.4) is 0 Å². The van der Waals surface area contributed by atoms with E-state index in [1.807, 2.05) is 13.8 Å². The monoisotopic (exact) mass is 189 g/mol. The van der Waals surface area contributed by atoms with E-state index in [-0.39, 0.29) is 0 Å². The summed E-state index contributed by atoms with van der Waals surface area (Å²) in [5.41, 5.74) is 0. The standard InChI is InChI=1S/C8H17N.C2H6.CH4O/c1-2-3-6-9-7-4-5-8-9;2*1-2/h2-8H2,1H3;1-2H3;2H,1H3. The van der Waals surface area contributed by atoms with Gasteiger partial charge in [0.2, 0.25) is 0 Å². The van der Waals surface area contributed by atoms with E-state index in [1.165, 1.54) is 45.3 Å². The Labute approximate surface area is 83.9 Å². The minimum absolute atomic E-state index is 1.00. The Bertz CT molecular complexity index is 70.5. The maximum atomic E-state index is 7.00. The summed E-state index contributed by atoms with van der Waals surface area (Å²) in [6.07, 6.45) is 5.60. The molecule has 1 N–H and O–H groups in total. The summed E-state index contributed by atoms with van der Waals surface area (Å²) in [4.78, 5) is 2.57. The first kappa shape index (κ1) is 15.4. The summed E-state index contributed by atoms with van der Waals surface area (Å²) in [7, 11) is 1.00. The van der Waals surface area contributed by atoms with Gasteiger partial charge in [0.25, 0.3) is 0 Å². The van der Waals surface area contributed by atoms with Crippen molar-refractivity contribution < 1.29 is 5.11 Å². The minimum atomic E-state index is 1.00. The van der Waals surface area contributed by atoms with Gasteiger partial charge in [-0.15, -0.1) is 0 Å². The van der Waals surface area contributed by atoms with Gasteiger partial charge in [-0.3, -0.25) is 0 Å². The van der Waals surface area contributed by atoms with E-state index in [4.69, 9.17) is 5.11 Å². The van der Waals surface area contributed by atoms with Crippen molar-refractivity contribution in [3.8, 4) is 0 Å². The van der Waals surface area contributed by atoms with Crippen molar-refractivity contribution in [2.24, 2.45) is 0 Å². The van der Waals surface area contributed by atoms with Crippen molar-refractivity contribution in [2.45, 2.75) is 46.5 Å². The Balaban J connectivity index is 0. The largest absolute Gasteiger partial charge is 0.400 e. The number of unbranched alkanes of at least 4 members (excludes halogenated alkanes) is 1. The molecule has 82 valence electrons. The Kier molecular flexibility index (Phi) is 17.1. The molecule has 1 heterocycles. The van der Waals surface area contributed by atoms with Crippen molar-refractivity contribution in [3.05, 3.63) is 0 Å². The molecule has 1 aliphatic rings. The SMILES string of the molecule is CC.CCCCN1CCCC1.CO. The molecule has 0 aliphatic carbocycles. The highest BCUT2D eigenvalue weighted by Gasteiger charge is 2.08. The van der Waals surface area contributed by atoms with Crippen LogP contribution in [-0.2, 0) is 0 Å². The second-order valence-electron chi connectivity index (χ2n) is 2.90. The first-order chi connectivity index (χ1) is 6.43. The van der Waals surface area contributed by atoms with E-state index in [0.29, 0.717) is 0 Å². The van der Waals surface area contributed by atoms with E-state index in [0.717, 1.165) is 7.11 Å². The Morgan fingerprint density at radius 1 is 1.08 bits per heavy atom. The Morgan fingerprint density at radius 3 is 1.92 bits per heavy atom. The number of hydrogen-bond acceptors (Lipinski definition) is 2. The molecule has 2 heteroatoms. The number of nitrogens with zero attached hydrogens (tertiary/aromatic N) is 1. The van der Waals surface area contributed by atoms with Gasteiger partial charge in [-0.05, 0) is 38.9 Å². The number of hydrogen-bond donors (Lipinski definition) is 1. The van der Waals surface area contributed by atoms with Crippen LogP contribution in [-0.4, -0.2) is 36.8 Å². The van der Waals surface area contributed by atoms with Gasteiger partial charge < -0.3 is 10.0 Å². The first-order valence-electron chi connectivity index (χ1n) is 5.60. The van der Waals surface area contributed by atoms with E-state index in [2.05, 4.69) is 11.8 Å². The molecule has 1 rings (SSSR count). The summed E-state index contributed by atoms with van der Waals surface area (Å²) < 4.78 is 0. The van der Waals surface area contributed by atoms with Crippen LogP contribution in [0.5, 0.6) is 0 Å². The van der Waals surface area contributed by atoms with Crippen molar-refractivity contribution >= 4 is 0 Å². The average molecular weight is 189 g/mol. The maximum Gasteiger partial charge on any atom is 0.0319 e. The number of aliphatic hydroxyl groups is 1. The fourth-order valence-electron chi connectivity index (χ4n) is 1.39.